The molecule has 0 atom stereocenters. The minimum absolute atomic E-state index is 0.0312. The molecule has 12 nitrogen and oxygen atoms in total. The summed E-state index contributed by atoms with van der Waals surface area (Å²) in [4.78, 5) is 0. The van der Waals surface area contributed by atoms with Crippen molar-refractivity contribution in [3.05, 3.63) is 60.7 Å². The summed E-state index contributed by atoms with van der Waals surface area (Å²) >= 11 is 0. The summed E-state index contributed by atoms with van der Waals surface area (Å²) in [6, 6.07) is 11.1. The zero-order valence-corrected chi connectivity index (χ0v) is 21.1. The predicted molar refractivity (Wildman–Crippen MR) is 148 cm³/mol. The van der Waals surface area contributed by atoms with E-state index < -0.39 is 57.5 Å². The van der Waals surface area contributed by atoms with Crippen LogP contribution in [0.4, 0.5) is 0 Å². The van der Waals surface area contributed by atoms with Crippen LogP contribution >= 0.6 is 0 Å². The van der Waals surface area contributed by atoms with E-state index in [4.69, 9.17) is 8.83 Å². The van der Waals surface area contributed by atoms with Gasteiger partial charge in [-0.05, 0) is 24.3 Å². The van der Waals surface area contributed by atoms with Crippen LogP contribution in [0.5, 0.6) is 57.5 Å². The van der Waals surface area contributed by atoms with E-state index in [-0.39, 0.29) is 55.7 Å². The van der Waals surface area contributed by atoms with Gasteiger partial charge in [-0.15, -0.1) is 0 Å². The van der Waals surface area contributed by atoms with Crippen molar-refractivity contribution in [2.45, 2.75) is 0 Å². The molecule has 0 fully saturated rings. The third kappa shape index (κ3) is 3.93. The van der Waals surface area contributed by atoms with E-state index in [9.17, 15) is 51.1 Å². The Morgan fingerprint density at radius 1 is 0.381 bits per heavy atom. The first-order chi connectivity index (χ1) is 19.9. The molecule has 0 aliphatic heterocycles. The fraction of sp³-hybridized carbons (Fsp3) is 0. The molecule has 0 unspecified atom stereocenters. The maximum atomic E-state index is 11.7. The van der Waals surface area contributed by atoms with Gasteiger partial charge >= 0.3 is 22.7 Å². The molecule has 42 heavy (non-hydrogen) atoms. The highest BCUT2D eigenvalue weighted by Crippen LogP contribution is 2.55. The molecule has 10 N–H and O–H groups in total. The smallest absolute Gasteiger partial charge is 0.402 e. The number of hydrogen-bond acceptors (Lipinski definition) is 10. The lowest BCUT2D eigenvalue weighted by Gasteiger charge is -2.12. The Morgan fingerprint density at radius 3 is 1.12 bits per heavy atom. The van der Waals surface area contributed by atoms with Gasteiger partial charge in [-0.25, -0.2) is 8.83 Å². The van der Waals surface area contributed by atoms with Crippen molar-refractivity contribution in [3.63, 3.8) is 0 Å². The summed E-state index contributed by atoms with van der Waals surface area (Å²) in [6.45, 7) is 0. The molecule has 2 aromatic heterocycles. The van der Waals surface area contributed by atoms with Gasteiger partial charge in [0, 0.05) is 24.3 Å². The molecular weight excluding hydrogens is 552 g/mol. The minimum atomic E-state index is -0.719. The zero-order chi connectivity index (χ0) is 30.0. The van der Waals surface area contributed by atoms with E-state index in [2.05, 4.69) is 0 Å². The summed E-state index contributed by atoms with van der Waals surface area (Å²) in [5.41, 5.74) is -1.02. The van der Waals surface area contributed by atoms with E-state index in [1.807, 2.05) is 0 Å². The van der Waals surface area contributed by atoms with E-state index in [1.54, 1.807) is 0 Å². The van der Waals surface area contributed by atoms with Crippen LogP contribution in [0.15, 0.2) is 69.5 Å². The van der Waals surface area contributed by atoms with Crippen molar-refractivity contribution in [2.24, 2.45) is 0 Å². The van der Waals surface area contributed by atoms with Crippen LogP contribution in [-0.2, 0) is 0 Å². The average Bonchev–Trinajstić information content (AvgIpc) is 2.92. The number of phenols is 8. The van der Waals surface area contributed by atoms with E-state index in [0.29, 0.717) is 0 Å². The van der Waals surface area contributed by atoms with Gasteiger partial charge in [-0.1, -0.05) is 0 Å². The summed E-state index contributed by atoms with van der Waals surface area (Å²) in [5.74, 6) is -6.22. The molecule has 2 heterocycles. The van der Waals surface area contributed by atoms with Gasteiger partial charge in [0.1, 0.15) is 33.8 Å². The van der Waals surface area contributed by atoms with Crippen molar-refractivity contribution >= 4 is 21.9 Å². The lowest BCUT2D eigenvalue weighted by Crippen LogP contribution is -1.93. The molecule has 0 aliphatic carbocycles. The maximum absolute atomic E-state index is 11.7. The molecule has 0 bridgehead atoms. The summed E-state index contributed by atoms with van der Waals surface area (Å²) in [7, 11) is 0. The van der Waals surface area contributed by atoms with Gasteiger partial charge in [0.15, 0.2) is 23.0 Å². The van der Waals surface area contributed by atoms with E-state index in [0.717, 1.165) is 48.5 Å². The second-order valence-electron chi connectivity index (χ2n) is 9.39. The first-order valence-corrected chi connectivity index (χ1v) is 12.1. The molecule has 210 valence electrons. The van der Waals surface area contributed by atoms with Gasteiger partial charge in [0.25, 0.3) is 0 Å². The zero-order valence-electron chi connectivity index (χ0n) is 21.1. The van der Waals surface area contributed by atoms with Crippen molar-refractivity contribution in [2.75, 3.05) is 0 Å². The van der Waals surface area contributed by atoms with Gasteiger partial charge in [-0.3, -0.25) is 0 Å². The Morgan fingerprint density at radius 2 is 0.762 bits per heavy atom. The lowest BCUT2D eigenvalue weighted by molar-refractivity contribution is 0.403. The van der Waals surface area contributed by atoms with Crippen LogP contribution in [0.1, 0.15) is 0 Å². The quantitative estimate of drug-likeness (QED) is 0.0897. The molecule has 0 radical (unpaired) electrons. The summed E-state index contributed by atoms with van der Waals surface area (Å²) in [5, 5.41) is 105. The first kappa shape index (κ1) is 26.0. The first-order valence-electron chi connectivity index (χ1n) is 12.1. The summed E-state index contributed by atoms with van der Waals surface area (Å²) < 4.78 is 11.6. The van der Waals surface area contributed by atoms with Crippen LogP contribution in [0, 0.1) is 0 Å². The van der Waals surface area contributed by atoms with Crippen LogP contribution in [0.25, 0.3) is 55.7 Å². The predicted octanol–water partition coefficient (Wildman–Crippen LogP) is 5.80. The second-order valence-corrected chi connectivity index (χ2v) is 9.39. The fourth-order valence-electron chi connectivity index (χ4n) is 4.82. The third-order valence-corrected chi connectivity index (χ3v) is 6.69. The number of fused-ring (bicyclic) bond motifs is 2. The van der Waals surface area contributed by atoms with Gasteiger partial charge in [0.05, 0.1) is 34.4 Å². The SMILES string of the molecule is Oc1cc(O)c2c(-c3c(O)c(-c4ccc(O)c(O)c4)[o+]c4cc(O)cc(O)c34)c(O)c(-c3ccc(O)c(O)c3)[o+]c2c1. The van der Waals surface area contributed by atoms with Crippen LogP contribution < -0.4 is 0 Å². The van der Waals surface area contributed by atoms with Crippen LogP contribution in [-0.4, -0.2) is 51.1 Å². The Kier molecular flexibility index (Phi) is 5.64. The third-order valence-electron chi connectivity index (χ3n) is 6.69. The van der Waals surface area contributed by atoms with Crippen LogP contribution in [0.3, 0.4) is 0 Å². The van der Waals surface area contributed by atoms with E-state index >= 15 is 0 Å². The van der Waals surface area contributed by atoms with Gasteiger partial charge in [-0.2, -0.15) is 0 Å². The Balaban J connectivity index is 1.83. The van der Waals surface area contributed by atoms with Crippen molar-refractivity contribution in [1.29, 1.82) is 0 Å². The number of aromatic hydroxyl groups is 10. The van der Waals surface area contributed by atoms with Crippen molar-refractivity contribution in [1.82, 2.24) is 0 Å². The molecule has 6 rings (SSSR count). The maximum Gasteiger partial charge on any atom is 0.402 e. The molecular formula is C30H20O12+2. The summed E-state index contributed by atoms with van der Waals surface area (Å²) in [6.07, 6.45) is 0. The number of hydrogen-bond donors (Lipinski definition) is 10. The molecule has 0 saturated carbocycles. The molecule has 0 spiro atoms. The molecule has 0 aliphatic rings. The monoisotopic (exact) mass is 572 g/mol. The van der Waals surface area contributed by atoms with E-state index in [1.165, 1.54) is 12.1 Å². The standard InChI is InChI=1S/C30H18O12/c31-13-7-19(37)23-21(9-13)41-29(11-1-3-15(33)17(35)5-11)27(39)25(23)26-24-20(38)8-14(32)10-22(24)42-30(28(26)40)12-2-4-16(34)18(36)6-12/h1-10H,(H8-2,31,32,33,34,35,36,37,38,39,40)/p+2. The van der Waals surface area contributed by atoms with Crippen LogP contribution in [0.2, 0.25) is 0 Å². The molecule has 0 saturated heterocycles. The highest BCUT2D eigenvalue weighted by Gasteiger charge is 2.38. The molecule has 4 aromatic carbocycles. The topological polar surface area (TPSA) is 225 Å². The average molecular weight is 572 g/mol. The fourth-order valence-corrected chi connectivity index (χ4v) is 4.82. The van der Waals surface area contributed by atoms with Crippen molar-refractivity contribution < 1.29 is 59.9 Å². The highest BCUT2D eigenvalue weighted by molar-refractivity contribution is 6.13. The Labute approximate surface area is 234 Å². The molecule has 0 amide bonds. The Hall–Kier alpha value is -6.30. The number of rotatable bonds is 3. The number of phenolic OH excluding ortho intramolecular Hbond substituents is 8. The minimum Gasteiger partial charge on any atom is -0.507 e. The van der Waals surface area contributed by atoms with Gasteiger partial charge < -0.3 is 51.1 Å². The molecule has 12 heteroatoms. The van der Waals surface area contributed by atoms with Crippen molar-refractivity contribution in [3.8, 4) is 91.3 Å². The van der Waals surface area contributed by atoms with Gasteiger partial charge in [0.2, 0.25) is 11.5 Å². The lowest BCUT2D eigenvalue weighted by atomic mass is 9.92. The largest absolute Gasteiger partial charge is 0.507 e. The molecule has 6 aromatic rings. The number of benzene rings is 4. The Bertz CT molecular complexity index is 1950. The second kappa shape index (κ2) is 9.13. The normalized spacial score (nSPS) is 11.3. The highest BCUT2D eigenvalue weighted by atomic mass is 16.4.